The van der Waals surface area contributed by atoms with Gasteiger partial charge in [0, 0.05) is 24.0 Å². The fourth-order valence-corrected chi connectivity index (χ4v) is 6.34. The number of carbonyl (C=O) groups excluding carboxylic acids is 2. The van der Waals surface area contributed by atoms with Gasteiger partial charge in [0.2, 0.25) is 0 Å². The van der Waals surface area contributed by atoms with E-state index >= 15 is 0 Å². The van der Waals surface area contributed by atoms with Gasteiger partial charge in [0.15, 0.2) is 22.4 Å². The first kappa shape index (κ1) is 37.0. The molecule has 0 unspecified atom stereocenters. The molecule has 0 aliphatic heterocycles. The number of aryl methyl sites for hydroxylation is 1. The van der Waals surface area contributed by atoms with Crippen molar-refractivity contribution < 1.29 is 41.8 Å². The molecule has 0 aliphatic rings. The average molecular weight is 656 g/mol. The molecule has 0 spiro atoms. The normalized spacial score (nSPS) is 11.4. The lowest BCUT2D eigenvalue weighted by molar-refractivity contribution is 0.0320. The minimum Gasteiger partial charge on any atom is -0.491 e. The number of halogens is 1. The van der Waals surface area contributed by atoms with E-state index in [4.69, 9.17) is 23.3 Å². The zero-order valence-corrected chi connectivity index (χ0v) is 28.2. The Balaban J connectivity index is 1.89. The van der Waals surface area contributed by atoms with E-state index in [1.807, 2.05) is 0 Å². The molecule has 1 N–H and O–H groups in total. The van der Waals surface area contributed by atoms with Crippen molar-refractivity contribution in [3.8, 4) is 17.6 Å². The highest BCUT2D eigenvalue weighted by Crippen LogP contribution is 2.48. The van der Waals surface area contributed by atoms with Gasteiger partial charge in [-0.2, -0.15) is 0 Å². The number of nitrogens with zero attached hydrogens (tertiary/aromatic N) is 2. The lowest BCUT2D eigenvalue weighted by atomic mass is 10.2. The van der Waals surface area contributed by atoms with Crippen LogP contribution in [-0.2, 0) is 29.5 Å². The number of esters is 1. The van der Waals surface area contributed by atoms with Crippen molar-refractivity contribution in [3.05, 3.63) is 40.2 Å². The van der Waals surface area contributed by atoms with E-state index < -0.39 is 31.1 Å². The highest BCUT2D eigenvalue weighted by molar-refractivity contribution is 7.53. The Morgan fingerprint density at radius 1 is 1.16 bits per heavy atom. The van der Waals surface area contributed by atoms with E-state index in [-0.39, 0.29) is 30.8 Å². The molecule has 0 saturated carbocycles. The highest BCUT2D eigenvalue weighted by Gasteiger charge is 2.23. The number of carbonyl (C=O) groups is 2. The van der Waals surface area contributed by atoms with Crippen LogP contribution >= 0.6 is 18.9 Å². The van der Waals surface area contributed by atoms with Crippen LogP contribution in [0.15, 0.2) is 18.2 Å². The van der Waals surface area contributed by atoms with Crippen LogP contribution in [0.2, 0.25) is 0 Å². The van der Waals surface area contributed by atoms with Gasteiger partial charge in [0.1, 0.15) is 5.60 Å². The molecule has 1 aromatic heterocycles. The van der Waals surface area contributed by atoms with Crippen LogP contribution < -0.4 is 10.1 Å². The molecule has 2 rings (SSSR count). The van der Waals surface area contributed by atoms with Crippen molar-refractivity contribution in [2.24, 2.45) is 0 Å². The predicted molar refractivity (Wildman–Crippen MR) is 168 cm³/mol. The molecule has 0 radical (unpaired) electrons. The summed E-state index contributed by atoms with van der Waals surface area (Å²) < 4.78 is 53.7. The van der Waals surface area contributed by atoms with E-state index in [2.05, 4.69) is 22.1 Å². The molecule has 2 aromatic rings. The summed E-state index contributed by atoms with van der Waals surface area (Å²) in [6.45, 7) is 10.3. The number of hydrogen-bond donors (Lipinski definition) is 1. The summed E-state index contributed by atoms with van der Waals surface area (Å²) >= 11 is 1.31. The fraction of sp³-hybridized carbons (Fsp3) is 0.567. The number of benzene rings is 1. The van der Waals surface area contributed by atoms with Gasteiger partial charge >= 0.3 is 19.7 Å². The topological polar surface area (TPSA) is 126 Å². The summed E-state index contributed by atoms with van der Waals surface area (Å²) in [5, 5.41) is 3.69. The third kappa shape index (κ3) is 12.8. The number of amides is 1. The molecule has 11 nitrogen and oxygen atoms in total. The van der Waals surface area contributed by atoms with Gasteiger partial charge in [-0.1, -0.05) is 11.8 Å². The minimum absolute atomic E-state index is 0.0812. The van der Waals surface area contributed by atoms with Crippen LogP contribution in [0, 0.1) is 17.7 Å². The van der Waals surface area contributed by atoms with Crippen molar-refractivity contribution in [1.29, 1.82) is 0 Å². The third-order valence-electron chi connectivity index (χ3n) is 5.60. The smallest absolute Gasteiger partial charge is 0.410 e. The second-order valence-electron chi connectivity index (χ2n) is 10.5. The Bertz CT molecular complexity index is 1340. The van der Waals surface area contributed by atoms with Crippen molar-refractivity contribution in [2.75, 3.05) is 58.5 Å². The molecule has 1 heterocycles. The molecule has 44 heavy (non-hydrogen) atoms. The van der Waals surface area contributed by atoms with E-state index in [9.17, 15) is 18.5 Å². The Kier molecular flexibility index (Phi) is 15.1. The summed E-state index contributed by atoms with van der Waals surface area (Å²) in [4.78, 5) is 30.7. The summed E-state index contributed by atoms with van der Waals surface area (Å²) in [5.41, 5.74) is 0.0466. The van der Waals surface area contributed by atoms with Gasteiger partial charge in [-0.25, -0.2) is 19.0 Å². The summed E-state index contributed by atoms with van der Waals surface area (Å²) in [7, 11) is -0.265. The van der Waals surface area contributed by atoms with Crippen molar-refractivity contribution in [1.82, 2.24) is 9.88 Å². The second-order valence-corrected chi connectivity index (χ2v) is 13.7. The zero-order chi connectivity index (χ0) is 32.8. The number of anilines is 1. The summed E-state index contributed by atoms with van der Waals surface area (Å²) in [6.07, 6.45) is 1.25. The average Bonchev–Trinajstić information content (AvgIpc) is 3.36. The maximum absolute atomic E-state index is 14.6. The number of ether oxygens (including phenoxy) is 3. The van der Waals surface area contributed by atoms with Crippen LogP contribution in [0.5, 0.6) is 5.75 Å². The fourth-order valence-electron chi connectivity index (χ4n) is 3.66. The van der Waals surface area contributed by atoms with Crippen LogP contribution in [0.3, 0.4) is 0 Å². The monoisotopic (exact) mass is 655 g/mol. The first-order valence-corrected chi connectivity index (χ1v) is 16.9. The Morgan fingerprint density at radius 3 is 2.48 bits per heavy atom. The number of hydrogen-bond acceptors (Lipinski definition) is 11. The number of methoxy groups -OCH3 is 1. The lowest BCUT2D eigenvalue weighted by Gasteiger charge is -2.23. The van der Waals surface area contributed by atoms with E-state index in [0.717, 1.165) is 0 Å². The van der Waals surface area contributed by atoms with E-state index in [1.54, 1.807) is 47.7 Å². The van der Waals surface area contributed by atoms with Crippen molar-refractivity contribution in [2.45, 2.75) is 59.5 Å². The number of aromatic nitrogens is 1. The predicted octanol–water partition coefficient (Wildman–Crippen LogP) is 6.37. The first-order valence-electron chi connectivity index (χ1n) is 14.4. The van der Waals surface area contributed by atoms with Gasteiger partial charge in [-0.15, -0.1) is 11.3 Å². The van der Waals surface area contributed by atoms with Gasteiger partial charge in [0.05, 0.1) is 39.6 Å². The molecular weight excluding hydrogens is 612 g/mol. The maximum Gasteiger partial charge on any atom is 0.410 e. The third-order valence-corrected chi connectivity index (χ3v) is 8.84. The molecule has 1 amide bonds. The molecule has 244 valence electrons. The molecular formula is C30H43FN3O8PS. The van der Waals surface area contributed by atoms with Crippen LogP contribution in [-0.4, -0.2) is 80.8 Å². The Labute approximate surface area is 263 Å². The summed E-state index contributed by atoms with van der Waals surface area (Å²) in [5.74, 6) is 4.64. The lowest BCUT2D eigenvalue weighted by Crippen LogP contribution is -2.34. The Hall–Kier alpha value is -3.17. The number of thiazole rings is 1. The molecule has 0 bridgehead atoms. The van der Waals surface area contributed by atoms with Gasteiger partial charge in [0.25, 0.3) is 0 Å². The van der Waals surface area contributed by atoms with Gasteiger partial charge in [-0.3, -0.25) is 4.57 Å². The molecule has 0 aliphatic carbocycles. The van der Waals surface area contributed by atoms with Gasteiger partial charge in [-0.05, 0) is 72.1 Å². The molecule has 14 heteroatoms. The standard InChI is InChI=1S/C30H43FN3O8PS/c1-8-40-43(37,41-9-2)20-12-17-32-28-33-26(27(35)38-7)25(44-28)14-11-19-39-24-16-15-22(21-23(24)31)13-10-18-34(6)29(36)42-30(3,4)5/h15-16,21H,8-9,11-12,14,17-20H2,1-7H3,(H,32,33). The number of nitrogens with one attached hydrogen (secondary N) is 1. The van der Waals surface area contributed by atoms with Crippen molar-refractivity contribution >= 4 is 36.1 Å². The molecule has 0 atom stereocenters. The quantitative estimate of drug-likeness (QED) is 0.0944. The summed E-state index contributed by atoms with van der Waals surface area (Å²) in [6, 6.07) is 4.41. The van der Waals surface area contributed by atoms with E-state index in [1.165, 1.54) is 35.5 Å². The molecule has 1 aromatic carbocycles. The minimum atomic E-state index is -3.13. The first-order chi connectivity index (χ1) is 20.8. The van der Waals surface area contributed by atoms with Crippen LogP contribution in [0.25, 0.3) is 0 Å². The maximum atomic E-state index is 14.6. The highest BCUT2D eigenvalue weighted by atomic mass is 32.1. The van der Waals surface area contributed by atoms with Crippen molar-refractivity contribution in [3.63, 3.8) is 0 Å². The SMILES string of the molecule is CCOP(=O)(CCCNc1nc(C(=O)OC)c(CCCOc2ccc(C#CCN(C)C(=O)OC(C)(C)C)cc2F)s1)OCC. The molecule has 0 fully saturated rings. The van der Waals surface area contributed by atoms with Crippen LogP contribution in [0.1, 0.15) is 68.4 Å². The van der Waals surface area contributed by atoms with Gasteiger partial charge < -0.3 is 33.5 Å². The largest absolute Gasteiger partial charge is 0.491 e. The Morgan fingerprint density at radius 2 is 1.86 bits per heavy atom. The second kappa shape index (κ2) is 18.0. The molecule has 0 saturated heterocycles. The van der Waals surface area contributed by atoms with Crippen LogP contribution in [0.4, 0.5) is 14.3 Å². The van der Waals surface area contributed by atoms with E-state index in [0.29, 0.717) is 54.6 Å². The number of rotatable bonds is 16. The zero-order valence-electron chi connectivity index (χ0n) is 26.5.